The fraction of sp³-hybridized carbons (Fsp3) is 0.412. The van der Waals surface area contributed by atoms with Crippen LogP contribution >= 0.6 is 0 Å². The van der Waals surface area contributed by atoms with Gasteiger partial charge >= 0.3 is 0 Å². The van der Waals surface area contributed by atoms with E-state index in [1.165, 1.54) is 32.1 Å². The zero-order chi connectivity index (χ0) is 14.7. The Kier molecular flexibility index (Phi) is 4.04. The SMILES string of the molecule is C/C(NC1CCCCC1)=C1/C=CC(c2ccn[nH]2)=CC1=N. The molecule has 0 spiro atoms. The van der Waals surface area contributed by atoms with Crippen LogP contribution in [0.5, 0.6) is 0 Å². The van der Waals surface area contributed by atoms with Crippen LogP contribution in [0, 0.1) is 5.41 Å². The zero-order valence-corrected chi connectivity index (χ0v) is 12.4. The molecular weight excluding hydrogens is 260 g/mol. The molecule has 0 unspecified atom stereocenters. The smallest absolute Gasteiger partial charge is 0.0650 e. The molecule has 3 rings (SSSR count). The molecule has 1 fully saturated rings. The number of hydrogen-bond acceptors (Lipinski definition) is 3. The summed E-state index contributed by atoms with van der Waals surface area (Å²) < 4.78 is 0. The summed E-state index contributed by atoms with van der Waals surface area (Å²) in [6.07, 6.45) is 14.2. The zero-order valence-electron chi connectivity index (χ0n) is 12.4. The number of nitrogens with one attached hydrogen (secondary N) is 3. The van der Waals surface area contributed by atoms with Crippen LogP contribution < -0.4 is 5.32 Å². The molecule has 1 aromatic heterocycles. The lowest BCUT2D eigenvalue weighted by Crippen LogP contribution is -2.30. The Hall–Kier alpha value is -2.10. The Morgan fingerprint density at radius 1 is 1.29 bits per heavy atom. The van der Waals surface area contributed by atoms with Gasteiger partial charge in [-0.05, 0) is 31.9 Å². The van der Waals surface area contributed by atoms with E-state index in [0.29, 0.717) is 11.8 Å². The maximum Gasteiger partial charge on any atom is 0.0650 e. The van der Waals surface area contributed by atoms with Crippen molar-refractivity contribution in [3.05, 3.63) is 47.5 Å². The van der Waals surface area contributed by atoms with E-state index in [9.17, 15) is 0 Å². The second-order valence-corrected chi connectivity index (χ2v) is 5.83. The first-order valence-electron chi connectivity index (χ1n) is 7.70. The van der Waals surface area contributed by atoms with E-state index in [-0.39, 0.29) is 0 Å². The van der Waals surface area contributed by atoms with E-state index >= 15 is 0 Å². The molecule has 0 aromatic carbocycles. The van der Waals surface area contributed by atoms with E-state index in [4.69, 9.17) is 5.41 Å². The summed E-state index contributed by atoms with van der Waals surface area (Å²) in [5.41, 5.74) is 4.62. The molecule has 0 aliphatic heterocycles. The van der Waals surface area contributed by atoms with Crippen molar-refractivity contribution in [1.82, 2.24) is 15.5 Å². The monoisotopic (exact) mass is 282 g/mol. The third kappa shape index (κ3) is 3.15. The van der Waals surface area contributed by atoms with E-state index in [1.54, 1.807) is 6.20 Å². The van der Waals surface area contributed by atoms with Crippen molar-refractivity contribution < 1.29 is 0 Å². The molecule has 4 nitrogen and oxygen atoms in total. The number of rotatable bonds is 3. The number of hydrogen-bond donors (Lipinski definition) is 3. The first-order valence-corrected chi connectivity index (χ1v) is 7.70. The number of H-pyrrole nitrogens is 1. The van der Waals surface area contributed by atoms with Gasteiger partial charge in [-0.1, -0.05) is 31.4 Å². The number of allylic oxidation sites excluding steroid dienone is 6. The van der Waals surface area contributed by atoms with Crippen LogP contribution in [0.4, 0.5) is 0 Å². The summed E-state index contributed by atoms with van der Waals surface area (Å²) in [4.78, 5) is 0. The molecule has 0 saturated heterocycles. The highest BCUT2D eigenvalue weighted by Crippen LogP contribution is 2.23. The van der Waals surface area contributed by atoms with Crippen LogP contribution in [0.25, 0.3) is 5.57 Å². The van der Waals surface area contributed by atoms with Crippen molar-refractivity contribution in [3.8, 4) is 0 Å². The first-order chi connectivity index (χ1) is 10.2. The van der Waals surface area contributed by atoms with Crippen LogP contribution in [0.3, 0.4) is 0 Å². The second kappa shape index (κ2) is 6.12. The summed E-state index contributed by atoms with van der Waals surface area (Å²) in [5, 5.41) is 18.8. The number of nitrogens with zero attached hydrogens (tertiary/aromatic N) is 1. The quantitative estimate of drug-likeness (QED) is 0.793. The maximum absolute atomic E-state index is 8.27. The Morgan fingerprint density at radius 2 is 2.10 bits per heavy atom. The third-order valence-corrected chi connectivity index (χ3v) is 4.26. The van der Waals surface area contributed by atoms with Gasteiger partial charge in [0.15, 0.2) is 0 Å². The normalized spacial score (nSPS) is 22.1. The molecule has 1 aromatic rings. The lowest BCUT2D eigenvalue weighted by molar-refractivity contribution is 0.396. The highest BCUT2D eigenvalue weighted by atomic mass is 15.1. The highest BCUT2D eigenvalue weighted by Gasteiger charge is 2.16. The van der Waals surface area contributed by atoms with Gasteiger partial charge in [0, 0.05) is 29.1 Å². The van der Waals surface area contributed by atoms with Gasteiger partial charge in [0.2, 0.25) is 0 Å². The molecule has 21 heavy (non-hydrogen) atoms. The van der Waals surface area contributed by atoms with Gasteiger partial charge in [0.25, 0.3) is 0 Å². The van der Waals surface area contributed by atoms with Crippen molar-refractivity contribution in [2.75, 3.05) is 0 Å². The predicted octanol–water partition coefficient (Wildman–Crippen LogP) is 3.58. The van der Waals surface area contributed by atoms with Gasteiger partial charge < -0.3 is 10.7 Å². The predicted molar refractivity (Wildman–Crippen MR) is 86.1 cm³/mol. The molecular formula is C17H22N4. The number of aromatic amines is 1. The molecule has 4 heteroatoms. The minimum absolute atomic E-state index is 0.558. The molecule has 0 bridgehead atoms. The van der Waals surface area contributed by atoms with Crippen LogP contribution in [-0.2, 0) is 0 Å². The number of aromatic nitrogens is 2. The molecule has 3 N–H and O–H groups in total. The summed E-state index contributed by atoms with van der Waals surface area (Å²) in [5.74, 6) is 0. The lowest BCUT2D eigenvalue weighted by Gasteiger charge is -2.25. The van der Waals surface area contributed by atoms with Crippen molar-refractivity contribution in [1.29, 1.82) is 5.41 Å². The minimum atomic E-state index is 0.558. The molecule has 1 saturated carbocycles. The van der Waals surface area contributed by atoms with Crippen molar-refractivity contribution in [3.63, 3.8) is 0 Å². The fourth-order valence-corrected chi connectivity index (χ4v) is 3.09. The van der Waals surface area contributed by atoms with Crippen molar-refractivity contribution >= 4 is 11.3 Å². The van der Waals surface area contributed by atoms with E-state index < -0.39 is 0 Å². The Morgan fingerprint density at radius 3 is 2.76 bits per heavy atom. The van der Waals surface area contributed by atoms with Gasteiger partial charge in [-0.15, -0.1) is 0 Å². The molecule has 0 amide bonds. The summed E-state index contributed by atoms with van der Waals surface area (Å²) in [6.45, 7) is 2.08. The van der Waals surface area contributed by atoms with Crippen LogP contribution in [0.15, 0.2) is 41.8 Å². The summed E-state index contributed by atoms with van der Waals surface area (Å²) in [7, 11) is 0. The highest BCUT2D eigenvalue weighted by molar-refractivity contribution is 6.15. The topological polar surface area (TPSA) is 64.6 Å². The van der Waals surface area contributed by atoms with E-state index in [1.807, 2.05) is 24.3 Å². The third-order valence-electron chi connectivity index (χ3n) is 4.26. The molecule has 2 aliphatic carbocycles. The summed E-state index contributed by atoms with van der Waals surface area (Å²) >= 11 is 0. The Labute approximate surface area is 125 Å². The molecule has 0 atom stereocenters. The van der Waals surface area contributed by atoms with Crippen LogP contribution in [-0.4, -0.2) is 22.0 Å². The average molecular weight is 282 g/mol. The van der Waals surface area contributed by atoms with Gasteiger partial charge in [-0.2, -0.15) is 5.10 Å². The molecule has 0 radical (unpaired) electrons. The van der Waals surface area contributed by atoms with Gasteiger partial charge in [-0.3, -0.25) is 5.10 Å². The average Bonchev–Trinajstić information content (AvgIpc) is 3.02. The van der Waals surface area contributed by atoms with Gasteiger partial charge in [-0.25, -0.2) is 0 Å². The van der Waals surface area contributed by atoms with Gasteiger partial charge in [0.05, 0.1) is 11.4 Å². The van der Waals surface area contributed by atoms with E-state index in [0.717, 1.165) is 22.5 Å². The summed E-state index contributed by atoms with van der Waals surface area (Å²) in [6, 6.07) is 2.50. The van der Waals surface area contributed by atoms with Crippen LogP contribution in [0.1, 0.15) is 44.7 Å². The van der Waals surface area contributed by atoms with Crippen LogP contribution in [0.2, 0.25) is 0 Å². The molecule has 2 aliphatic rings. The minimum Gasteiger partial charge on any atom is -0.385 e. The lowest BCUT2D eigenvalue weighted by atomic mass is 9.93. The fourth-order valence-electron chi connectivity index (χ4n) is 3.09. The first kappa shape index (κ1) is 13.9. The van der Waals surface area contributed by atoms with Crippen molar-refractivity contribution in [2.24, 2.45) is 0 Å². The Balaban J connectivity index is 1.73. The second-order valence-electron chi connectivity index (χ2n) is 5.83. The molecule has 1 heterocycles. The standard InChI is InChI=1S/C17H22N4/c1-12(20-14-5-3-2-4-6-14)15-8-7-13(11-16(15)18)17-9-10-19-21-17/h7-11,14,18,20H,2-6H2,1H3,(H,19,21)/b15-12+,18-16?. The molecule has 110 valence electrons. The van der Waals surface area contributed by atoms with E-state index in [2.05, 4.69) is 22.4 Å². The van der Waals surface area contributed by atoms with Gasteiger partial charge in [0.1, 0.15) is 0 Å². The maximum atomic E-state index is 8.27. The largest absolute Gasteiger partial charge is 0.385 e. The van der Waals surface area contributed by atoms with Crippen molar-refractivity contribution in [2.45, 2.75) is 45.1 Å². The Bertz CT molecular complexity index is 599.